The molecule has 1 aromatic carbocycles. The Morgan fingerprint density at radius 2 is 2.00 bits per heavy atom. The van der Waals surface area contributed by atoms with E-state index in [1.165, 1.54) is 0 Å². The van der Waals surface area contributed by atoms with Crippen molar-refractivity contribution in [1.82, 2.24) is 0 Å². The number of nitrogens with two attached hydrogens (primary N) is 1. The van der Waals surface area contributed by atoms with Crippen molar-refractivity contribution in [2.75, 3.05) is 12.0 Å². The van der Waals surface area contributed by atoms with E-state index in [1.54, 1.807) is 18.2 Å². The Kier molecular flexibility index (Phi) is 3.48. The number of nitrogens with zero attached hydrogens (tertiary/aromatic N) is 1. The molecule has 1 aromatic rings. The molecular formula is C12H16N2O2S. The van der Waals surface area contributed by atoms with Gasteiger partial charge in [-0.15, -0.1) is 0 Å². The van der Waals surface area contributed by atoms with Crippen LogP contribution in [0.2, 0.25) is 0 Å². The Morgan fingerprint density at radius 1 is 1.41 bits per heavy atom. The molecule has 0 radical (unpaired) electrons. The van der Waals surface area contributed by atoms with E-state index in [4.69, 9.17) is 11.0 Å². The molecule has 0 unspecified atom stereocenters. The van der Waals surface area contributed by atoms with Crippen LogP contribution in [-0.4, -0.2) is 14.7 Å². The summed E-state index contributed by atoms with van der Waals surface area (Å²) in [5, 5.41) is 8.95. The molecule has 0 aliphatic heterocycles. The van der Waals surface area contributed by atoms with Crippen molar-refractivity contribution in [3.05, 3.63) is 23.8 Å². The van der Waals surface area contributed by atoms with Gasteiger partial charge in [0, 0.05) is 6.26 Å². The van der Waals surface area contributed by atoms with Crippen LogP contribution in [0.5, 0.6) is 0 Å². The topological polar surface area (TPSA) is 83.9 Å². The molecule has 0 saturated heterocycles. The van der Waals surface area contributed by atoms with Gasteiger partial charge in [0.05, 0.1) is 22.1 Å². The summed E-state index contributed by atoms with van der Waals surface area (Å²) in [7, 11) is -3.33. The molecule has 0 heterocycles. The highest BCUT2D eigenvalue weighted by molar-refractivity contribution is 7.90. The third kappa shape index (κ3) is 3.46. The SMILES string of the molecule is CC(C)(C#N)Cc1ccc(N)c(S(C)(=O)=O)c1. The third-order valence-corrected chi connectivity index (χ3v) is 3.58. The minimum atomic E-state index is -3.33. The van der Waals surface area contributed by atoms with Crippen molar-refractivity contribution < 1.29 is 8.42 Å². The number of nitrogen functional groups attached to an aromatic ring is 1. The second-order valence-electron chi connectivity index (χ2n) is 4.82. The molecule has 0 amide bonds. The Morgan fingerprint density at radius 3 is 2.47 bits per heavy atom. The van der Waals surface area contributed by atoms with Crippen LogP contribution in [0.1, 0.15) is 19.4 Å². The lowest BCUT2D eigenvalue weighted by Gasteiger charge is -2.16. The van der Waals surface area contributed by atoms with E-state index in [1.807, 2.05) is 13.8 Å². The van der Waals surface area contributed by atoms with E-state index in [0.717, 1.165) is 11.8 Å². The van der Waals surface area contributed by atoms with E-state index >= 15 is 0 Å². The molecule has 17 heavy (non-hydrogen) atoms. The average Bonchev–Trinajstić information content (AvgIpc) is 2.19. The van der Waals surface area contributed by atoms with Gasteiger partial charge in [-0.2, -0.15) is 5.26 Å². The van der Waals surface area contributed by atoms with Gasteiger partial charge in [-0.3, -0.25) is 0 Å². The van der Waals surface area contributed by atoms with Gasteiger partial charge in [-0.1, -0.05) is 6.07 Å². The predicted octanol–water partition coefficient (Wildman–Crippen LogP) is 1.76. The fraction of sp³-hybridized carbons (Fsp3) is 0.417. The van der Waals surface area contributed by atoms with Gasteiger partial charge in [0.1, 0.15) is 0 Å². The largest absolute Gasteiger partial charge is 0.398 e. The number of hydrogen-bond donors (Lipinski definition) is 1. The van der Waals surface area contributed by atoms with Crippen molar-refractivity contribution in [2.45, 2.75) is 25.2 Å². The summed E-state index contributed by atoms with van der Waals surface area (Å²) >= 11 is 0. The van der Waals surface area contributed by atoms with Crippen LogP contribution in [0.15, 0.2) is 23.1 Å². The van der Waals surface area contributed by atoms with E-state index in [0.29, 0.717) is 6.42 Å². The van der Waals surface area contributed by atoms with Gasteiger partial charge in [0.15, 0.2) is 9.84 Å². The fourth-order valence-corrected chi connectivity index (χ4v) is 2.42. The lowest BCUT2D eigenvalue weighted by molar-refractivity contribution is 0.493. The number of hydrogen-bond acceptors (Lipinski definition) is 4. The summed E-state index contributed by atoms with van der Waals surface area (Å²) in [5.74, 6) is 0. The summed E-state index contributed by atoms with van der Waals surface area (Å²) in [6.45, 7) is 3.62. The maximum absolute atomic E-state index is 11.5. The molecule has 0 spiro atoms. The molecule has 2 N–H and O–H groups in total. The van der Waals surface area contributed by atoms with Crippen molar-refractivity contribution in [2.24, 2.45) is 5.41 Å². The highest BCUT2D eigenvalue weighted by atomic mass is 32.2. The Bertz CT molecular complexity index is 569. The quantitative estimate of drug-likeness (QED) is 0.831. The lowest BCUT2D eigenvalue weighted by Crippen LogP contribution is -2.12. The van der Waals surface area contributed by atoms with Gasteiger partial charge in [0.25, 0.3) is 0 Å². The number of rotatable bonds is 3. The molecule has 0 bridgehead atoms. The molecule has 0 aliphatic carbocycles. The van der Waals surface area contributed by atoms with Crippen molar-refractivity contribution in [1.29, 1.82) is 5.26 Å². The summed E-state index contributed by atoms with van der Waals surface area (Å²) in [6.07, 6.45) is 1.62. The summed E-state index contributed by atoms with van der Waals surface area (Å²) < 4.78 is 23.0. The standard InChI is InChI=1S/C12H16N2O2S/c1-12(2,8-13)7-9-4-5-10(14)11(6-9)17(3,15)16/h4-6H,7,14H2,1-3H3. The maximum atomic E-state index is 11.5. The second kappa shape index (κ2) is 4.38. The second-order valence-corrected chi connectivity index (χ2v) is 6.80. The number of anilines is 1. The zero-order chi connectivity index (χ0) is 13.3. The molecular weight excluding hydrogens is 236 g/mol. The Labute approximate surface area is 102 Å². The van der Waals surface area contributed by atoms with Gasteiger partial charge >= 0.3 is 0 Å². The van der Waals surface area contributed by atoms with Crippen molar-refractivity contribution in [3.8, 4) is 6.07 Å². The van der Waals surface area contributed by atoms with E-state index in [9.17, 15) is 8.42 Å². The first-order valence-electron chi connectivity index (χ1n) is 5.15. The highest BCUT2D eigenvalue weighted by Gasteiger charge is 2.19. The van der Waals surface area contributed by atoms with Crippen LogP contribution in [0.25, 0.3) is 0 Å². The molecule has 0 aromatic heterocycles. The summed E-state index contributed by atoms with van der Waals surface area (Å²) in [4.78, 5) is 0.128. The summed E-state index contributed by atoms with van der Waals surface area (Å²) in [5.41, 5.74) is 6.14. The van der Waals surface area contributed by atoms with Crippen LogP contribution in [0, 0.1) is 16.7 Å². The van der Waals surface area contributed by atoms with E-state index in [2.05, 4.69) is 6.07 Å². The van der Waals surface area contributed by atoms with Gasteiger partial charge < -0.3 is 5.73 Å². The van der Waals surface area contributed by atoms with E-state index < -0.39 is 15.3 Å². The zero-order valence-electron chi connectivity index (χ0n) is 10.2. The van der Waals surface area contributed by atoms with E-state index in [-0.39, 0.29) is 10.6 Å². The first kappa shape index (κ1) is 13.5. The molecule has 5 heteroatoms. The molecule has 1 rings (SSSR count). The minimum absolute atomic E-state index is 0.128. The van der Waals surface area contributed by atoms with Crippen molar-refractivity contribution in [3.63, 3.8) is 0 Å². The molecule has 0 aliphatic rings. The van der Waals surface area contributed by atoms with Crippen LogP contribution < -0.4 is 5.73 Å². The number of benzene rings is 1. The first-order valence-corrected chi connectivity index (χ1v) is 7.04. The number of nitriles is 1. The average molecular weight is 252 g/mol. The molecule has 4 nitrogen and oxygen atoms in total. The van der Waals surface area contributed by atoms with Crippen LogP contribution in [-0.2, 0) is 16.3 Å². The highest BCUT2D eigenvalue weighted by Crippen LogP contribution is 2.25. The zero-order valence-corrected chi connectivity index (χ0v) is 11.0. The van der Waals surface area contributed by atoms with Gasteiger partial charge in [-0.25, -0.2) is 8.42 Å². The van der Waals surface area contributed by atoms with Crippen LogP contribution in [0.4, 0.5) is 5.69 Å². The summed E-state index contributed by atoms with van der Waals surface area (Å²) in [6, 6.07) is 7.05. The normalized spacial score (nSPS) is 12.1. The minimum Gasteiger partial charge on any atom is -0.398 e. The Balaban J connectivity index is 3.20. The monoisotopic (exact) mass is 252 g/mol. The maximum Gasteiger partial charge on any atom is 0.177 e. The molecule has 92 valence electrons. The van der Waals surface area contributed by atoms with Crippen molar-refractivity contribution >= 4 is 15.5 Å². The van der Waals surface area contributed by atoms with Gasteiger partial charge in [-0.05, 0) is 38.0 Å². The molecule has 0 saturated carbocycles. The molecule has 0 atom stereocenters. The lowest BCUT2D eigenvalue weighted by atomic mass is 9.87. The first-order chi connectivity index (χ1) is 7.65. The fourth-order valence-electron chi connectivity index (χ4n) is 1.56. The smallest absolute Gasteiger partial charge is 0.177 e. The number of sulfone groups is 1. The molecule has 0 fully saturated rings. The third-order valence-electron chi connectivity index (χ3n) is 2.43. The van der Waals surface area contributed by atoms with Crippen LogP contribution in [0.3, 0.4) is 0 Å². The van der Waals surface area contributed by atoms with Crippen LogP contribution >= 0.6 is 0 Å². The predicted molar refractivity (Wildman–Crippen MR) is 67.1 cm³/mol. The Hall–Kier alpha value is -1.54. The van der Waals surface area contributed by atoms with Gasteiger partial charge in [0.2, 0.25) is 0 Å².